The van der Waals surface area contributed by atoms with E-state index < -0.39 is 5.82 Å². The van der Waals surface area contributed by atoms with Crippen LogP contribution in [0.1, 0.15) is 19.3 Å². The third-order valence-electron chi connectivity index (χ3n) is 2.79. The highest BCUT2D eigenvalue weighted by Crippen LogP contribution is 2.23. The SMILES string of the molecule is O=C(CC1C=CCC1)Nc1ccc(O)cc1F. The van der Waals surface area contributed by atoms with E-state index in [0.29, 0.717) is 6.42 Å². The molecule has 3 nitrogen and oxygen atoms in total. The number of hydrogen-bond acceptors (Lipinski definition) is 2. The molecule has 1 aromatic carbocycles. The Kier molecular flexibility index (Phi) is 3.42. The number of carbonyl (C=O) groups excluding carboxylic acids is 1. The van der Waals surface area contributed by atoms with Crippen molar-refractivity contribution in [3.63, 3.8) is 0 Å². The van der Waals surface area contributed by atoms with Crippen LogP contribution in [-0.4, -0.2) is 11.0 Å². The average Bonchev–Trinajstić information content (AvgIpc) is 2.75. The van der Waals surface area contributed by atoms with Crippen LogP contribution < -0.4 is 5.32 Å². The molecule has 17 heavy (non-hydrogen) atoms. The van der Waals surface area contributed by atoms with Crippen molar-refractivity contribution in [2.45, 2.75) is 19.3 Å². The van der Waals surface area contributed by atoms with Gasteiger partial charge >= 0.3 is 0 Å². The zero-order valence-electron chi connectivity index (χ0n) is 9.32. The molecular formula is C13H14FNO2. The lowest BCUT2D eigenvalue weighted by atomic mass is 10.1. The fraction of sp³-hybridized carbons (Fsp3) is 0.308. The number of allylic oxidation sites excluding steroid dienone is 2. The zero-order valence-corrected chi connectivity index (χ0v) is 9.32. The summed E-state index contributed by atoms with van der Waals surface area (Å²) in [5.41, 5.74) is 0.106. The molecular weight excluding hydrogens is 221 g/mol. The van der Waals surface area contributed by atoms with Crippen molar-refractivity contribution < 1.29 is 14.3 Å². The summed E-state index contributed by atoms with van der Waals surface area (Å²) in [6.45, 7) is 0. The number of phenols is 1. The first-order chi connectivity index (χ1) is 8.15. The van der Waals surface area contributed by atoms with Gasteiger partial charge in [0.25, 0.3) is 0 Å². The molecule has 0 aromatic heterocycles. The first kappa shape index (κ1) is 11.6. The number of aromatic hydroxyl groups is 1. The number of halogens is 1. The summed E-state index contributed by atoms with van der Waals surface area (Å²) in [5.74, 6) is -0.721. The molecule has 0 saturated carbocycles. The predicted octanol–water partition coefficient (Wildman–Crippen LogP) is 2.83. The van der Waals surface area contributed by atoms with Crippen LogP contribution in [0.15, 0.2) is 30.4 Å². The highest BCUT2D eigenvalue weighted by molar-refractivity contribution is 5.91. The first-order valence-electron chi connectivity index (χ1n) is 5.60. The molecule has 0 spiro atoms. The van der Waals surface area contributed by atoms with Crippen molar-refractivity contribution in [1.82, 2.24) is 0 Å². The molecule has 1 aromatic rings. The molecule has 2 N–H and O–H groups in total. The van der Waals surface area contributed by atoms with E-state index in [1.54, 1.807) is 0 Å². The van der Waals surface area contributed by atoms with Gasteiger partial charge in [-0.25, -0.2) is 4.39 Å². The molecule has 0 fully saturated rings. The van der Waals surface area contributed by atoms with Crippen molar-refractivity contribution in [2.75, 3.05) is 5.32 Å². The molecule has 1 unspecified atom stereocenters. The molecule has 1 atom stereocenters. The molecule has 0 aliphatic heterocycles. The molecule has 0 heterocycles. The lowest BCUT2D eigenvalue weighted by Crippen LogP contribution is -2.15. The van der Waals surface area contributed by atoms with Crippen LogP contribution in [0.2, 0.25) is 0 Å². The minimum absolute atomic E-state index is 0.106. The molecule has 90 valence electrons. The van der Waals surface area contributed by atoms with E-state index in [0.717, 1.165) is 18.9 Å². The number of amides is 1. The standard InChI is InChI=1S/C13H14FNO2/c14-11-8-10(16)5-6-12(11)15-13(17)7-9-3-1-2-4-9/h1,3,5-6,8-9,16H,2,4,7H2,(H,15,17). The van der Waals surface area contributed by atoms with Gasteiger partial charge in [0.15, 0.2) is 0 Å². The van der Waals surface area contributed by atoms with E-state index in [1.807, 2.05) is 6.08 Å². The van der Waals surface area contributed by atoms with Gasteiger partial charge in [-0.2, -0.15) is 0 Å². The highest BCUT2D eigenvalue weighted by Gasteiger charge is 2.15. The van der Waals surface area contributed by atoms with Gasteiger partial charge < -0.3 is 10.4 Å². The number of nitrogens with one attached hydrogen (secondary N) is 1. The predicted molar refractivity (Wildman–Crippen MR) is 63.2 cm³/mol. The molecule has 1 aliphatic carbocycles. The van der Waals surface area contributed by atoms with E-state index in [2.05, 4.69) is 11.4 Å². The van der Waals surface area contributed by atoms with Crippen LogP contribution in [0, 0.1) is 11.7 Å². The Morgan fingerprint density at radius 1 is 1.53 bits per heavy atom. The summed E-state index contributed by atoms with van der Waals surface area (Å²) >= 11 is 0. The van der Waals surface area contributed by atoms with Crippen LogP contribution >= 0.6 is 0 Å². The van der Waals surface area contributed by atoms with Crippen LogP contribution in [0.4, 0.5) is 10.1 Å². The number of rotatable bonds is 3. The molecule has 0 radical (unpaired) electrons. The number of hydrogen-bond donors (Lipinski definition) is 2. The summed E-state index contributed by atoms with van der Waals surface area (Å²) < 4.78 is 13.3. The van der Waals surface area contributed by atoms with E-state index in [9.17, 15) is 9.18 Å². The number of benzene rings is 1. The second-order valence-corrected chi connectivity index (χ2v) is 4.18. The van der Waals surface area contributed by atoms with Gasteiger partial charge in [-0.05, 0) is 30.9 Å². The maximum atomic E-state index is 13.3. The van der Waals surface area contributed by atoms with Crippen LogP contribution in [0.25, 0.3) is 0 Å². The van der Waals surface area contributed by atoms with Gasteiger partial charge in [0.05, 0.1) is 5.69 Å². The first-order valence-corrected chi connectivity index (χ1v) is 5.60. The third kappa shape index (κ3) is 3.06. The average molecular weight is 235 g/mol. The fourth-order valence-corrected chi connectivity index (χ4v) is 1.91. The molecule has 0 bridgehead atoms. The van der Waals surface area contributed by atoms with Gasteiger partial charge in [-0.15, -0.1) is 0 Å². The van der Waals surface area contributed by atoms with E-state index in [-0.39, 0.29) is 23.3 Å². The van der Waals surface area contributed by atoms with Crippen LogP contribution in [0.5, 0.6) is 5.75 Å². The Bertz CT molecular complexity index is 457. The van der Waals surface area contributed by atoms with Crippen molar-refractivity contribution in [2.24, 2.45) is 5.92 Å². The second-order valence-electron chi connectivity index (χ2n) is 4.18. The lowest BCUT2D eigenvalue weighted by Gasteiger charge is -2.09. The maximum Gasteiger partial charge on any atom is 0.225 e. The molecule has 2 rings (SSSR count). The van der Waals surface area contributed by atoms with Crippen LogP contribution in [0.3, 0.4) is 0 Å². The monoisotopic (exact) mass is 235 g/mol. The zero-order chi connectivity index (χ0) is 12.3. The maximum absolute atomic E-state index is 13.3. The summed E-state index contributed by atoms with van der Waals surface area (Å²) in [6.07, 6.45) is 6.43. The molecule has 4 heteroatoms. The van der Waals surface area contributed by atoms with Crippen molar-refractivity contribution in [3.05, 3.63) is 36.2 Å². The number of phenolic OH excluding ortho intramolecular Hbond substituents is 1. The highest BCUT2D eigenvalue weighted by atomic mass is 19.1. The second kappa shape index (κ2) is 4.99. The van der Waals surface area contributed by atoms with Crippen molar-refractivity contribution >= 4 is 11.6 Å². The Hall–Kier alpha value is -1.84. The summed E-state index contributed by atoms with van der Waals surface area (Å²) in [4.78, 5) is 11.6. The van der Waals surface area contributed by atoms with Crippen LogP contribution in [-0.2, 0) is 4.79 Å². The molecule has 1 amide bonds. The lowest BCUT2D eigenvalue weighted by molar-refractivity contribution is -0.116. The Morgan fingerprint density at radius 3 is 3.00 bits per heavy atom. The summed E-state index contributed by atoms with van der Waals surface area (Å²) in [5, 5.41) is 11.5. The molecule has 1 aliphatic rings. The topological polar surface area (TPSA) is 49.3 Å². The summed E-state index contributed by atoms with van der Waals surface area (Å²) in [6, 6.07) is 3.67. The minimum atomic E-state index is -0.625. The van der Waals surface area contributed by atoms with Gasteiger partial charge in [-0.3, -0.25) is 4.79 Å². The quantitative estimate of drug-likeness (QED) is 0.625. The van der Waals surface area contributed by atoms with E-state index >= 15 is 0 Å². The molecule has 0 saturated heterocycles. The number of carbonyl (C=O) groups is 1. The van der Waals surface area contributed by atoms with E-state index in [4.69, 9.17) is 5.11 Å². The third-order valence-corrected chi connectivity index (χ3v) is 2.79. The van der Waals surface area contributed by atoms with Gasteiger partial charge in [-0.1, -0.05) is 12.2 Å². The summed E-state index contributed by atoms with van der Waals surface area (Å²) in [7, 11) is 0. The van der Waals surface area contributed by atoms with Gasteiger partial charge in [0, 0.05) is 12.5 Å². The number of anilines is 1. The largest absolute Gasteiger partial charge is 0.508 e. The normalized spacial score (nSPS) is 18.3. The Morgan fingerprint density at radius 2 is 2.35 bits per heavy atom. The van der Waals surface area contributed by atoms with E-state index in [1.165, 1.54) is 12.1 Å². The fourth-order valence-electron chi connectivity index (χ4n) is 1.91. The van der Waals surface area contributed by atoms with Crippen molar-refractivity contribution in [3.8, 4) is 5.75 Å². The minimum Gasteiger partial charge on any atom is -0.508 e. The Balaban J connectivity index is 1.95. The van der Waals surface area contributed by atoms with Crippen molar-refractivity contribution in [1.29, 1.82) is 0 Å². The van der Waals surface area contributed by atoms with Gasteiger partial charge in [0.1, 0.15) is 11.6 Å². The van der Waals surface area contributed by atoms with Gasteiger partial charge in [0.2, 0.25) is 5.91 Å². The smallest absolute Gasteiger partial charge is 0.225 e. The Labute approximate surface area is 99.0 Å².